The second-order valence-corrected chi connectivity index (χ2v) is 5.40. The molecule has 2 atom stereocenters. The minimum Gasteiger partial charge on any atom is -0.466 e. The van der Waals surface area contributed by atoms with Crippen molar-refractivity contribution in [3.05, 3.63) is 0 Å². The van der Waals surface area contributed by atoms with Crippen molar-refractivity contribution in [2.45, 2.75) is 71.4 Å². The molecule has 1 aliphatic heterocycles. The highest BCUT2D eigenvalue weighted by Gasteiger charge is 2.41. The van der Waals surface area contributed by atoms with Gasteiger partial charge in [-0.1, -0.05) is 0 Å². The van der Waals surface area contributed by atoms with Crippen LogP contribution in [0, 0.1) is 0 Å². The molecule has 0 bridgehead atoms. The second-order valence-electron chi connectivity index (χ2n) is 5.40. The van der Waals surface area contributed by atoms with E-state index in [-0.39, 0.29) is 37.0 Å². The van der Waals surface area contributed by atoms with Crippen LogP contribution in [0.15, 0.2) is 0 Å². The lowest BCUT2D eigenvalue weighted by molar-refractivity contribution is -0.152. The van der Waals surface area contributed by atoms with E-state index in [2.05, 4.69) is 0 Å². The van der Waals surface area contributed by atoms with Gasteiger partial charge in [-0.3, -0.25) is 9.59 Å². The highest BCUT2D eigenvalue weighted by molar-refractivity contribution is 5.69. The van der Waals surface area contributed by atoms with E-state index in [4.69, 9.17) is 18.9 Å². The number of ether oxygens (including phenoxy) is 4. The van der Waals surface area contributed by atoms with E-state index in [1.165, 1.54) is 0 Å². The Labute approximate surface area is 126 Å². The molecule has 0 spiro atoms. The average molecular weight is 302 g/mol. The second kappa shape index (κ2) is 8.34. The first-order valence-corrected chi connectivity index (χ1v) is 7.54. The third-order valence-corrected chi connectivity index (χ3v) is 3.16. The van der Waals surface area contributed by atoms with Gasteiger partial charge in [0.05, 0.1) is 25.4 Å². The molecule has 1 aliphatic rings. The van der Waals surface area contributed by atoms with Gasteiger partial charge in [0.2, 0.25) is 0 Å². The number of carbonyl (C=O) groups is 2. The zero-order valence-electron chi connectivity index (χ0n) is 13.3. The molecular formula is C15H26O6. The van der Waals surface area contributed by atoms with Crippen LogP contribution in [0.5, 0.6) is 0 Å². The number of carbonyl (C=O) groups excluding carboxylic acids is 2. The van der Waals surface area contributed by atoms with Gasteiger partial charge in [0.25, 0.3) is 0 Å². The standard InChI is InChI=1S/C15H26O6/c1-5-18-13(16)9-7-11-12(21-15(3,4)20-11)8-10-14(17)19-6-2/h11-12H,5-10H2,1-4H3/t11-,12-/m1/s1. The summed E-state index contributed by atoms with van der Waals surface area (Å²) < 4.78 is 21.4. The first-order valence-electron chi connectivity index (χ1n) is 7.54. The van der Waals surface area contributed by atoms with E-state index in [1.54, 1.807) is 13.8 Å². The summed E-state index contributed by atoms with van der Waals surface area (Å²) in [5, 5.41) is 0. The summed E-state index contributed by atoms with van der Waals surface area (Å²) in [7, 11) is 0. The summed E-state index contributed by atoms with van der Waals surface area (Å²) >= 11 is 0. The van der Waals surface area contributed by atoms with Gasteiger partial charge < -0.3 is 18.9 Å². The zero-order chi connectivity index (χ0) is 15.9. The summed E-state index contributed by atoms with van der Waals surface area (Å²) in [5.41, 5.74) is 0. The van der Waals surface area contributed by atoms with Crippen LogP contribution in [-0.2, 0) is 28.5 Å². The fourth-order valence-electron chi connectivity index (χ4n) is 2.38. The van der Waals surface area contributed by atoms with Gasteiger partial charge in [0.1, 0.15) is 0 Å². The molecule has 21 heavy (non-hydrogen) atoms. The van der Waals surface area contributed by atoms with Crippen LogP contribution in [0.4, 0.5) is 0 Å². The smallest absolute Gasteiger partial charge is 0.305 e. The van der Waals surface area contributed by atoms with Gasteiger partial charge >= 0.3 is 11.9 Å². The molecular weight excluding hydrogens is 276 g/mol. The van der Waals surface area contributed by atoms with E-state index in [1.807, 2.05) is 13.8 Å². The Morgan fingerprint density at radius 1 is 0.905 bits per heavy atom. The molecule has 1 rings (SSSR count). The molecule has 0 amide bonds. The summed E-state index contributed by atoms with van der Waals surface area (Å²) in [4.78, 5) is 22.9. The van der Waals surface area contributed by atoms with Crippen molar-refractivity contribution < 1.29 is 28.5 Å². The monoisotopic (exact) mass is 302 g/mol. The van der Waals surface area contributed by atoms with Crippen LogP contribution in [0.1, 0.15) is 53.4 Å². The van der Waals surface area contributed by atoms with Crippen molar-refractivity contribution in [2.24, 2.45) is 0 Å². The minimum atomic E-state index is -0.696. The molecule has 0 aromatic rings. The van der Waals surface area contributed by atoms with Gasteiger partial charge in [-0.15, -0.1) is 0 Å². The highest BCUT2D eigenvalue weighted by Crippen LogP contribution is 2.33. The van der Waals surface area contributed by atoms with Crippen LogP contribution in [0.3, 0.4) is 0 Å². The topological polar surface area (TPSA) is 71.1 Å². The summed E-state index contributed by atoms with van der Waals surface area (Å²) in [5.74, 6) is -1.18. The fourth-order valence-corrected chi connectivity index (χ4v) is 2.38. The summed E-state index contributed by atoms with van der Waals surface area (Å²) in [6.07, 6.45) is 1.20. The van der Waals surface area contributed by atoms with Crippen molar-refractivity contribution in [1.29, 1.82) is 0 Å². The summed E-state index contributed by atoms with van der Waals surface area (Å²) in [6.45, 7) is 7.96. The molecule has 6 heteroatoms. The van der Waals surface area contributed by atoms with Gasteiger partial charge in [-0.05, 0) is 40.5 Å². The van der Waals surface area contributed by atoms with Crippen molar-refractivity contribution in [3.63, 3.8) is 0 Å². The summed E-state index contributed by atoms with van der Waals surface area (Å²) in [6, 6.07) is 0. The number of rotatable bonds is 8. The first-order chi connectivity index (χ1) is 9.88. The van der Waals surface area contributed by atoms with Crippen molar-refractivity contribution in [3.8, 4) is 0 Å². The van der Waals surface area contributed by atoms with Gasteiger partial charge in [0, 0.05) is 12.8 Å². The highest BCUT2D eigenvalue weighted by atomic mass is 16.7. The fraction of sp³-hybridized carbons (Fsp3) is 0.867. The molecule has 0 aromatic carbocycles. The van der Waals surface area contributed by atoms with Crippen LogP contribution in [0.25, 0.3) is 0 Å². The normalized spacial score (nSPS) is 23.8. The maximum atomic E-state index is 11.4. The SMILES string of the molecule is CCOC(=O)CC[C@H]1OC(C)(C)O[C@@H]1CCC(=O)OCC. The van der Waals surface area contributed by atoms with E-state index >= 15 is 0 Å². The Balaban J connectivity index is 2.46. The Hall–Kier alpha value is -1.14. The van der Waals surface area contributed by atoms with Gasteiger partial charge in [-0.25, -0.2) is 0 Å². The predicted octanol–water partition coefficient (Wildman–Crippen LogP) is 2.19. The molecule has 0 aromatic heterocycles. The average Bonchev–Trinajstić information content (AvgIpc) is 2.69. The van der Waals surface area contributed by atoms with E-state index < -0.39 is 5.79 Å². The largest absolute Gasteiger partial charge is 0.466 e. The molecule has 1 heterocycles. The molecule has 1 fully saturated rings. The van der Waals surface area contributed by atoms with Crippen molar-refractivity contribution in [1.82, 2.24) is 0 Å². The quantitative estimate of drug-likeness (QED) is 0.640. The Bertz CT molecular complexity index is 320. The van der Waals surface area contributed by atoms with E-state index in [9.17, 15) is 9.59 Å². The molecule has 122 valence electrons. The van der Waals surface area contributed by atoms with E-state index in [0.29, 0.717) is 26.1 Å². The van der Waals surface area contributed by atoms with Crippen LogP contribution >= 0.6 is 0 Å². The molecule has 1 saturated heterocycles. The van der Waals surface area contributed by atoms with Crippen molar-refractivity contribution in [2.75, 3.05) is 13.2 Å². The van der Waals surface area contributed by atoms with Gasteiger partial charge in [-0.2, -0.15) is 0 Å². The zero-order valence-corrected chi connectivity index (χ0v) is 13.3. The minimum absolute atomic E-state index is 0.209. The lowest BCUT2D eigenvalue weighted by atomic mass is 10.0. The molecule has 0 saturated carbocycles. The number of esters is 2. The Kier molecular flexibility index (Phi) is 7.11. The molecule has 0 unspecified atom stereocenters. The lowest BCUT2D eigenvalue weighted by Crippen LogP contribution is -2.25. The first kappa shape index (κ1) is 17.9. The van der Waals surface area contributed by atoms with Crippen LogP contribution in [-0.4, -0.2) is 43.1 Å². The Morgan fingerprint density at radius 3 is 1.62 bits per heavy atom. The predicted molar refractivity (Wildman–Crippen MR) is 75.6 cm³/mol. The third-order valence-electron chi connectivity index (χ3n) is 3.16. The molecule has 0 aliphatic carbocycles. The maximum absolute atomic E-state index is 11.4. The molecule has 0 radical (unpaired) electrons. The van der Waals surface area contributed by atoms with Crippen molar-refractivity contribution >= 4 is 11.9 Å². The van der Waals surface area contributed by atoms with E-state index in [0.717, 1.165) is 0 Å². The van der Waals surface area contributed by atoms with Crippen LogP contribution < -0.4 is 0 Å². The third kappa shape index (κ3) is 6.44. The maximum Gasteiger partial charge on any atom is 0.305 e. The van der Waals surface area contributed by atoms with Crippen LogP contribution in [0.2, 0.25) is 0 Å². The molecule has 0 N–H and O–H groups in total. The number of hydrogen-bond acceptors (Lipinski definition) is 6. The number of hydrogen-bond donors (Lipinski definition) is 0. The van der Waals surface area contributed by atoms with Gasteiger partial charge in [0.15, 0.2) is 5.79 Å². The Morgan fingerprint density at radius 2 is 1.29 bits per heavy atom. The lowest BCUT2D eigenvalue weighted by Gasteiger charge is -2.16. The molecule has 6 nitrogen and oxygen atoms in total.